The van der Waals surface area contributed by atoms with Gasteiger partial charge in [0.25, 0.3) is 0 Å². The molecule has 0 unspecified atom stereocenters. The third-order valence-corrected chi connectivity index (χ3v) is 5.33. The van der Waals surface area contributed by atoms with Gasteiger partial charge in [-0.25, -0.2) is 0 Å². The molecule has 2 aliphatic rings. The molecule has 3 nitrogen and oxygen atoms in total. The van der Waals surface area contributed by atoms with E-state index in [0.717, 1.165) is 31.6 Å². The van der Waals surface area contributed by atoms with E-state index in [4.69, 9.17) is 5.73 Å². The third kappa shape index (κ3) is 4.47. The topological polar surface area (TPSA) is 55.1 Å². The van der Waals surface area contributed by atoms with Crippen LogP contribution >= 0.6 is 0 Å². The van der Waals surface area contributed by atoms with Crippen molar-refractivity contribution in [3.8, 4) is 0 Å². The maximum Gasteiger partial charge on any atom is 0.223 e. The standard InChI is InChI=1S/C17H32N2O/c1-2-3-6-13-9-11-14(12-10-13)17(20)19-16-8-5-4-7-15(16)18/h13-16H,2-12,18H2,1H3,(H,19,20)/t13?,14?,15-,16-/m1/s1. The summed E-state index contributed by atoms with van der Waals surface area (Å²) in [5.74, 6) is 1.40. The lowest BCUT2D eigenvalue weighted by atomic mass is 9.79. The molecule has 2 saturated carbocycles. The van der Waals surface area contributed by atoms with E-state index in [0.29, 0.717) is 0 Å². The summed E-state index contributed by atoms with van der Waals surface area (Å²) >= 11 is 0. The van der Waals surface area contributed by atoms with Crippen molar-refractivity contribution in [2.75, 3.05) is 0 Å². The number of nitrogens with two attached hydrogens (primary N) is 1. The van der Waals surface area contributed by atoms with Gasteiger partial charge in [-0.3, -0.25) is 4.79 Å². The molecule has 0 aromatic rings. The smallest absolute Gasteiger partial charge is 0.223 e. The van der Waals surface area contributed by atoms with Crippen LogP contribution < -0.4 is 11.1 Å². The highest BCUT2D eigenvalue weighted by atomic mass is 16.1. The largest absolute Gasteiger partial charge is 0.352 e. The summed E-state index contributed by atoms with van der Waals surface area (Å²) < 4.78 is 0. The Balaban J connectivity index is 1.71. The van der Waals surface area contributed by atoms with Gasteiger partial charge in [-0.1, -0.05) is 39.0 Å². The second-order valence-corrected chi connectivity index (χ2v) is 6.92. The van der Waals surface area contributed by atoms with Gasteiger partial charge in [-0.2, -0.15) is 0 Å². The van der Waals surface area contributed by atoms with Gasteiger partial charge in [-0.05, 0) is 44.4 Å². The fourth-order valence-electron chi connectivity index (χ4n) is 3.85. The molecular weight excluding hydrogens is 248 g/mol. The average Bonchev–Trinajstić information content (AvgIpc) is 2.48. The highest BCUT2D eigenvalue weighted by Gasteiger charge is 2.29. The molecule has 0 spiro atoms. The first-order valence-corrected chi connectivity index (χ1v) is 8.76. The summed E-state index contributed by atoms with van der Waals surface area (Å²) in [4.78, 5) is 12.4. The minimum absolute atomic E-state index is 0.175. The molecule has 0 bridgehead atoms. The maximum atomic E-state index is 12.4. The molecule has 0 aromatic carbocycles. The summed E-state index contributed by atoms with van der Waals surface area (Å²) in [6, 6.07) is 0.405. The van der Waals surface area contributed by atoms with Crippen molar-refractivity contribution < 1.29 is 4.79 Å². The van der Waals surface area contributed by atoms with Crippen molar-refractivity contribution >= 4 is 5.91 Å². The van der Waals surface area contributed by atoms with E-state index >= 15 is 0 Å². The Bertz CT molecular complexity index is 297. The van der Waals surface area contributed by atoms with Gasteiger partial charge in [-0.15, -0.1) is 0 Å². The molecule has 1 amide bonds. The minimum Gasteiger partial charge on any atom is -0.352 e. The minimum atomic E-state index is 0.175. The van der Waals surface area contributed by atoms with Gasteiger partial charge in [0.2, 0.25) is 5.91 Å². The first-order valence-electron chi connectivity index (χ1n) is 8.76. The van der Waals surface area contributed by atoms with E-state index in [9.17, 15) is 4.79 Å². The molecule has 2 rings (SSSR count). The van der Waals surface area contributed by atoms with Crippen molar-refractivity contribution in [3.63, 3.8) is 0 Å². The van der Waals surface area contributed by atoms with Crippen molar-refractivity contribution in [3.05, 3.63) is 0 Å². The lowest BCUT2D eigenvalue weighted by Crippen LogP contribution is -2.51. The number of hydrogen-bond acceptors (Lipinski definition) is 2. The van der Waals surface area contributed by atoms with Gasteiger partial charge in [0.05, 0.1) is 0 Å². The van der Waals surface area contributed by atoms with Crippen LogP contribution in [-0.2, 0) is 4.79 Å². The zero-order valence-corrected chi connectivity index (χ0v) is 13.1. The van der Waals surface area contributed by atoms with E-state index in [1.54, 1.807) is 0 Å². The summed E-state index contributed by atoms with van der Waals surface area (Å²) in [5.41, 5.74) is 6.12. The Morgan fingerprint density at radius 2 is 1.80 bits per heavy atom. The number of nitrogens with one attached hydrogen (secondary N) is 1. The second kappa shape index (κ2) is 8.02. The number of carbonyl (C=O) groups is 1. The first-order chi connectivity index (χ1) is 9.70. The SMILES string of the molecule is CCCCC1CCC(C(=O)N[C@@H]2CCCC[C@H]2N)CC1. The van der Waals surface area contributed by atoms with E-state index < -0.39 is 0 Å². The van der Waals surface area contributed by atoms with Crippen LogP contribution in [0.4, 0.5) is 0 Å². The van der Waals surface area contributed by atoms with Gasteiger partial charge in [0.15, 0.2) is 0 Å². The second-order valence-electron chi connectivity index (χ2n) is 6.92. The average molecular weight is 280 g/mol. The Hall–Kier alpha value is -0.570. The Kier molecular flexibility index (Phi) is 6.34. The summed E-state index contributed by atoms with van der Waals surface area (Å²) in [6.07, 6.45) is 13.2. The number of rotatable bonds is 5. The summed E-state index contributed by atoms with van der Waals surface area (Å²) in [7, 11) is 0. The molecule has 0 aromatic heterocycles. The highest BCUT2D eigenvalue weighted by molar-refractivity contribution is 5.79. The summed E-state index contributed by atoms with van der Waals surface area (Å²) in [6.45, 7) is 2.26. The monoisotopic (exact) mass is 280 g/mol. The lowest BCUT2D eigenvalue weighted by molar-refractivity contribution is -0.127. The number of unbranched alkanes of at least 4 members (excludes halogenated alkanes) is 1. The van der Waals surface area contributed by atoms with Gasteiger partial charge in [0, 0.05) is 18.0 Å². The number of amides is 1. The van der Waals surface area contributed by atoms with Crippen LogP contribution in [0.3, 0.4) is 0 Å². The Morgan fingerprint density at radius 3 is 2.45 bits per heavy atom. The molecule has 20 heavy (non-hydrogen) atoms. The Labute approximate surface area is 124 Å². The Morgan fingerprint density at radius 1 is 1.10 bits per heavy atom. The van der Waals surface area contributed by atoms with Crippen LogP contribution in [0, 0.1) is 11.8 Å². The fourth-order valence-corrected chi connectivity index (χ4v) is 3.85. The van der Waals surface area contributed by atoms with Gasteiger partial charge >= 0.3 is 0 Å². The van der Waals surface area contributed by atoms with Crippen LogP contribution in [0.2, 0.25) is 0 Å². The predicted octanol–water partition coefficient (Wildman–Crippen LogP) is 3.37. The van der Waals surface area contributed by atoms with Crippen LogP contribution in [0.15, 0.2) is 0 Å². The molecule has 2 atom stereocenters. The van der Waals surface area contributed by atoms with Gasteiger partial charge in [0.1, 0.15) is 0 Å². The van der Waals surface area contributed by atoms with Crippen LogP contribution in [0.25, 0.3) is 0 Å². The zero-order chi connectivity index (χ0) is 14.4. The molecule has 0 aliphatic heterocycles. The molecule has 116 valence electrons. The molecule has 3 heteroatoms. The van der Waals surface area contributed by atoms with Crippen LogP contribution in [-0.4, -0.2) is 18.0 Å². The van der Waals surface area contributed by atoms with Crippen molar-refractivity contribution in [2.45, 2.75) is 89.6 Å². The van der Waals surface area contributed by atoms with Crippen molar-refractivity contribution in [1.29, 1.82) is 0 Å². The zero-order valence-electron chi connectivity index (χ0n) is 13.1. The molecule has 2 aliphatic carbocycles. The lowest BCUT2D eigenvalue weighted by Gasteiger charge is -2.33. The fraction of sp³-hybridized carbons (Fsp3) is 0.941. The van der Waals surface area contributed by atoms with E-state index in [2.05, 4.69) is 12.2 Å². The number of hydrogen-bond donors (Lipinski definition) is 2. The normalized spacial score (nSPS) is 34.7. The number of carbonyl (C=O) groups excluding carboxylic acids is 1. The van der Waals surface area contributed by atoms with Crippen LogP contribution in [0.5, 0.6) is 0 Å². The molecule has 3 N–H and O–H groups in total. The van der Waals surface area contributed by atoms with Crippen molar-refractivity contribution in [1.82, 2.24) is 5.32 Å². The molecule has 0 saturated heterocycles. The molecule has 0 heterocycles. The third-order valence-electron chi connectivity index (χ3n) is 5.33. The maximum absolute atomic E-state index is 12.4. The van der Waals surface area contributed by atoms with Crippen molar-refractivity contribution in [2.24, 2.45) is 17.6 Å². The van der Waals surface area contributed by atoms with E-state index in [-0.39, 0.29) is 23.9 Å². The molecule has 2 fully saturated rings. The van der Waals surface area contributed by atoms with E-state index in [1.807, 2.05) is 0 Å². The summed E-state index contributed by atoms with van der Waals surface area (Å²) in [5, 5.41) is 3.23. The van der Waals surface area contributed by atoms with Crippen LogP contribution in [0.1, 0.15) is 77.6 Å². The van der Waals surface area contributed by atoms with E-state index in [1.165, 1.54) is 44.9 Å². The van der Waals surface area contributed by atoms with Gasteiger partial charge < -0.3 is 11.1 Å². The highest BCUT2D eigenvalue weighted by Crippen LogP contribution is 2.32. The quantitative estimate of drug-likeness (QED) is 0.811. The predicted molar refractivity (Wildman–Crippen MR) is 83.3 cm³/mol. The molecular formula is C17H32N2O. The molecule has 0 radical (unpaired) electrons. The first kappa shape index (κ1) is 15.8.